The van der Waals surface area contributed by atoms with Gasteiger partial charge in [0.2, 0.25) is 0 Å². The lowest BCUT2D eigenvalue weighted by atomic mass is 9.99. The molecule has 1 atom stereocenters. The first-order chi connectivity index (χ1) is 8.63. The minimum atomic E-state index is 0.205. The molecule has 0 radical (unpaired) electrons. The van der Waals surface area contributed by atoms with E-state index in [1.54, 1.807) is 14.2 Å². The Morgan fingerprint density at radius 1 is 1.22 bits per heavy atom. The lowest BCUT2D eigenvalue weighted by Gasteiger charge is -2.26. The molecule has 0 spiro atoms. The predicted octanol–water partition coefficient (Wildman–Crippen LogP) is 2.08. The molecule has 4 nitrogen and oxygen atoms in total. The molecule has 0 aliphatic carbocycles. The van der Waals surface area contributed by atoms with E-state index in [-0.39, 0.29) is 12.6 Å². The molecule has 0 bridgehead atoms. The van der Waals surface area contributed by atoms with E-state index in [1.807, 2.05) is 32.3 Å². The molecule has 0 saturated carbocycles. The Morgan fingerprint density at radius 2 is 1.94 bits per heavy atom. The Labute approximate surface area is 109 Å². The average molecular weight is 253 g/mol. The van der Waals surface area contributed by atoms with E-state index in [2.05, 4.69) is 4.90 Å². The van der Waals surface area contributed by atoms with Crippen molar-refractivity contribution in [3.63, 3.8) is 0 Å². The molecular weight excluding hydrogens is 230 g/mol. The third kappa shape index (κ3) is 3.62. The Morgan fingerprint density at radius 3 is 2.44 bits per heavy atom. The van der Waals surface area contributed by atoms with E-state index in [0.717, 1.165) is 29.9 Å². The highest BCUT2D eigenvalue weighted by Gasteiger charge is 2.18. The molecule has 0 saturated heterocycles. The lowest BCUT2D eigenvalue weighted by molar-refractivity contribution is 0.231. The first kappa shape index (κ1) is 14.8. The van der Waals surface area contributed by atoms with E-state index in [1.165, 1.54) is 0 Å². The van der Waals surface area contributed by atoms with Crippen molar-refractivity contribution in [2.75, 3.05) is 34.9 Å². The molecule has 102 valence electrons. The highest BCUT2D eigenvalue weighted by Crippen LogP contribution is 2.34. The molecule has 0 amide bonds. The summed E-state index contributed by atoms with van der Waals surface area (Å²) in [5, 5.41) is 9.00. The van der Waals surface area contributed by atoms with Gasteiger partial charge in [-0.25, -0.2) is 0 Å². The van der Waals surface area contributed by atoms with Crippen molar-refractivity contribution in [1.82, 2.24) is 4.90 Å². The summed E-state index contributed by atoms with van der Waals surface area (Å²) >= 11 is 0. The van der Waals surface area contributed by atoms with Crippen molar-refractivity contribution in [1.29, 1.82) is 0 Å². The number of hydrogen-bond donors (Lipinski definition) is 1. The van der Waals surface area contributed by atoms with Crippen LogP contribution in [0, 0.1) is 0 Å². The molecule has 1 aromatic rings. The van der Waals surface area contributed by atoms with Gasteiger partial charge < -0.3 is 19.5 Å². The highest BCUT2D eigenvalue weighted by atomic mass is 16.5. The number of ether oxygens (including phenoxy) is 2. The monoisotopic (exact) mass is 253 g/mol. The van der Waals surface area contributed by atoms with Gasteiger partial charge >= 0.3 is 0 Å². The van der Waals surface area contributed by atoms with Crippen LogP contribution >= 0.6 is 0 Å². The van der Waals surface area contributed by atoms with Crippen LogP contribution in [0.15, 0.2) is 18.2 Å². The van der Waals surface area contributed by atoms with E-state index in [4.69, 9.17) is 14.6 Å². The number of hydrogen-bond acceptors (Lipinski definition) is 4. The van der Waals surface area contributed by atoms with Crippen molar-refractivity contribution < 1.29 is 14.6 Å². The van der Waals surface area contributed by atoms with Gasteiger partial charge in [-0.2, -0.15) is 0 Å². The van der Waals surface area contributed by atoms with Gasteiger partial charge in [0.15, 0.2) is 0 Å². The molecule has 0 aliphatic heterocycles. The molecule has 0 aliphatic rings. The lowest BCUT2D eigenvalue weighted by Crippen LogP contribution is -2.21. The summed E-state index contributed by atoms with van der Waals surface area (Å²) in [6, 6.07) is 6.02. The number of benzene rings is 1. The third-order valence-corrected chi connectivity index (χ3v) is 3.05. The number of aliphatic hydroxyl groups is 1. The second-order valence-corrected chi connectivity index (χ2v) is 4.45. The molecule has 1 unspecified atom stereocenters. The van der Waals surface area contributed by atoms with Gasteiger partial charge in [0, 0.05) is 18.2 Å². The van der Waals surface area contributed by atoms with E-state index in [0.29, 0.717) is 0 Å². The van der Waals surface area contributed by atoms with Crippen molar-refractivity contribution >= 4 is 0 Å². The van der Waals surface area contributed by atoms with Crippen LogP contribution in [0.5, 0.6) is 11.5 Å². The second-order valence-electron chi connectivity index (χ2n) is 4.45. The number of rotatable bonds is 7. The van der Waals surface area contributed by atoms with Crippen LogP contribution in [0.3, 0.4) is 0 Å². The van der Waals surface area contributed by atoms with Crippen LogP contribution in [-0.4, -0.2) is 44.9 Å². The summed E-state index contributed by atoms with van der Waals surface area (Å²) in [6.45, 7) is 0.205. The summed E-state index contributed by atoms with van der Waals surface area (Å²) in [7, 11) is 7.38. The molecule has 4 heteroatoms. The van der Waals surface area contributed by atoms with Gasteiger partial charge in [-0.05, 0) is 45.1 Å². The standard InChI is InChI=1S/C14H23NO3/c1-15(2)13(6-5-9-16)12-10-11(17-3)7-8-14(12)18-4/h7-8,10,13,16H,5-6,9H2,1-4H3. The van der Waals surface area contributed by atoms with Gasteiger partial charge in [-0.15, -0.1) is 0 Å². The summed E-state index contributed by atoms with van der Waals surface area (Å²) in [4.78, 5) is 2.13. The third-order valence-electron chi connectivity index (χ3n) is 3.05. The normalized spacial score (nSPS) is 12.6. The van der Waals surface area contributed by atoms with Crippen molar-refractivity contribution in [2.45, 2.75) is 18.9 Å². The van der Waals surface area contributed by atoms with Crippen LogP contribution in [0.2, 0.25) is 0 Å². The maximum Gasteiger partial charge on any atom is 0.123 e. The number of methoxy groups -OCH3 is 2. The second kappa shape index (κ2) is 7.24. The maximum atomic E-state index is 9.00. The summed E-state index contributed by atoms with van der Waals surface area (Å²) in [5.74, 6) is 1.68. The quantitative estimate of drug-likeness (QED) is 0.808. The zero-order valence-corrected chi connectivity index (χ0v) is 11.6. The fourth-order valence-electron chi connectivity index (χ4n) is 2.08. The molecule has 1 aromatic carbocycles. The molecule has 18 heavy (non-hydrogen) atoms. The van der Waals surface area contributed by atoms with E-state index >= 15 is 0 Å². The maximum absolute atomic E-state index is 9.00. The highest BCUT2D eigenvalue weighted by molar-refractivity contribution is 5.42. The Kier molecular flexibility index (Phi) is 5.95. The van der Waals surface area contributed by atoms with E-state index < -0.39 is 0 Å². The smallest absolute Gasteiger partial charge is 0.123 e. The fourth-order valence-corrected chi connectivity index (χ4v) is 2.08. The minimum absolute atomic E-state index is 0.205. The van der Waals surface area contributed by atoms with Gasteiger partial charge in [0.05, 0.1) is 14.2 Å². The van der Waals surface area contributed by atoms with Gasteiger partial charge in [-0.3, -0.25) is 0 Å². The molecule has 1 rings (SSSR count). The van der Waals surface area contributed by atoms with Crippen molar-refractivity contribution in [3.8, 4) is 11.5 Å². The Balaban J connectivity index is 3.07. The molecule has 1 N–H and O–H groups in total. The van der Waals surface area contributed by atoms with Crippen LogP contribution < -0.4 is 9.47 Å². The van der Waals surface area contributed by atoms with Crippen LogP contribution in [0.4, 0.5) is 0 Å². The summed E-state index contributed by atoms with van der Waals surface area (Å²) in [5.41, 5.74) is 1.09. The summed E-state index contributed by atoms with van der Waals surface area (Å²) < 4.78 is 10.7. The zero-order chi connectivity index (χ0) is 13.5. The van der Waals surface area contributed by atoms with Gasteiger partial charge in [0.25, 0.3) is 0 Å². The number of nitrogens with zero attached hydrogens (tertiary/aromatic N) is 1. The first-order valence-electron chi connectivity index (χ1n) is 6.13. The fraction of sp³-hybridized carbons (Fsp3) is 0.571. The molecule has 0 heterocycles. The Hall–Kier alpha value is -1.26. The first-order valence-corrected chi connectivity index (χ1v) is 6.13. The molecule has 0 fully saturated rings. The van der Waals surface area contributed by atoms with Crippen molar-refractivity contribution in [2.24, 2.45) is 0 Å². The largest absolute Gasteiger partial charge is 0.497 e. The predicted molar refractivity (Wildman–Crippen MR) is 72.3 cm³/mol. The summed E-state index contributed by atoms with van der Waals surface area (Å²) in [6.07, 6.45) is 1.65. The Bertz CT molecular complexity index is 366. The zero-order valence-electron chi connectivity index (χ0n) is 11.6. The van der Waals surface area contributed by atoms with Gasteiger partial charge in [0.1, 0.15) is 11.5 Å². The average Bonchev–Trinajstić information content (AvgIpc) is 2.38. The molecule has 0 aromatic heterocycles. The number of aliphatic hydroxyl groups excluding tert-OH is 1. The van der Waals surface area contributed by atoms with Crippen LogP contribution in [0.25, 0.3) is 0 Å². The minimum Gasteiger partial charge on any atom is -0.497 e. The van der Waals surface area contributed by atoms with Gasteiger partial charge in [-0.1, -0.05) is 0 Å². The topological polar surface area (TPSA) is 41.9 Å². The molecular formula is C14H23NO3. The van der Waals surface area contributed by atoms with Crippen LogP contribution in [-0.2, 0) is 0 Å². The van der Waals surface area contributed by atoms with Crippen molar-refractivity contribution in [3.05, 3.63) is 23.8 Å². The van der Waals surface area contributed by atoms with Crippen LogP contribution in [0.1, 0.15) is 24.4 Å². The SMILES string of the molecule is COc1ccc(OC)c(C(CCCO)N(C)C)c1. The van der Waals surface area contributed by atoms with E-state index in [9.17, 15) is 0 Å².